The molecule has 0 fully saturated rings. The van der Waals surface area contributed by atoms with Gasteiger partial charge in [0.05, 0.1) is 12.2 Å². The molecule has 1 unspecified atom stereocenters. The van der Waals surface area contributed by atoms with Gasteiger partial charge in [0.15, 0.2) is 5.89 Å². The lowest BCUT2D eigenvalue weighted by atomic mass is 10.3. The van der Waals surface area contributed by atoms with Gasteiger partial charge in [-0.3, -0.25) is 4.79 Å². The van der Waals surface area contributed by atoms with Crippen LogP contribution >= 0.6 is 0 Å². The second kappa shape index (κ2) is 6.91. The second-order valence-electron chi connectivity index (χ2n) is 4.76. The van der Waals surface area contributed by atoms with Gasteiger partial charge in [0.2, 0.25) is 11.9 Å². The predicted octanol–water partition coefficient (Wildman–Crippen LogP) is 1.69. The van der Waals surface area contributed by atoms with E-state index < -0.39 is 23.8 Å². The van der Waals surface area contributed by atoms with Crippen LogP contribution in [0.3, 0.4) is 0 Å². The number of carbonyl (C=O) groups excluding carboxylic acids is 1. The topological polar surface area (TPSA) is 102 Å². The molecule has 1 aromatic carbocycles. The summed E-state index contributed by atoms with van der Waals surface area (Å²) in [5, 5.41) is 11.6. The van der Waals surface area contributed by atoms with Crippen molar-refractivity contribution in [2.24, 2.45) is 0 Å². The molecule has 1 aromatic heterocycles. The first-order valence-corrected chi connectivity index (χ1v) is 6.74. The van der Waals surface area contributed by atoms with E-state index in [1.165, 1.54) is 12.1 Å². The lowest BCUT2D eigenvalue weighted by Gasteiger charge is -2.15. The van der Waals surface area contributed by atoms with Gasteiger partial charge >= 0.3 is 5.97 Å². The van der Waals surface area contributed by atoms with Crippen molar-refractivity contribution in [3.05, 3.63) is 47.4 Å². The number of carbonyl (C=O) groups is 2. The van der Waals surface area contributed by atoms with E-state index in [4.69, 9.17) is 14.3 Å². The third kappa shape index (κ3) is 4.29. The van der Waals surface area contributed by atoms with E-state index in [1.807, 2.05) is 0 Å². The normalized spacial score (nSPS) is 11.8. The Hall–Kier alpha value is -2.90. The minimum Gasteiger partial charge on any atom is -0.478 e. The van der Waals surface area contributed by atoms with Crippen molar-refractivity contribution in [1.29, 1.82) is 0 Å². The standard InChI is InChI=1S/C15H15FN2O5/c1-8-13(22-9(2)18-8)14(19)17-7-12(15(20)21)23-11-5-3-10(16)4-6-11/h3-6,12H,7H2,1-2H3,(H,17,19)(H,20,21). The molecular weight excluding hydrogens is 307 g/mol. The Morgan fingerprint density at radius 1 is 1.35 bits per heavy atom. The Labute approximate surface area is 131 Å². The third-order valence-electron chi connectivity index (χ3n) is 2.93. The lowest BCUT2D eigenvalue weighted by molar-refractivity contribution is -0.144. The number of carboxylic acid groups (broad SMARTS) is 1. The van der Waals surface area contributed by atoms with Crippen LogP contribution in [0.5, 0.6) is 5.75 Å². The quantitative estimate of drug-likeness (QED) is 0.839. The molecule has 0 saturated heterocycles. The summed E-state index contributed by atoms with van der Waals surface area (Å²) in [6.07, 6.45) is -1.33. The first-order valence-electron chi connectivity index (χ1n) is 6.74. The second-order valence-corrected chi connectivity index (χ2v) is 4.76. The Morgan fingerprint density at radius 2 is 2.00 bits per heavy atom. The maximum Gasteiger partial charge on any atom is 0.346 e. The van der Waals surface area contributed by atoms with Crippen LogP contribution in [0.4, 0.5) is 4.39 Å². The molecule has 2 N–H and O–H groups in total. The summed E-state index contributed by atoms with van der Waals surface area (Å²) in [6, 6.07) is 4.90. The molecule has 1 heterocycles. The fraction of sp³-hybridized carbons (Fsp3) is 0.267. The smallest absolute Gasteiger partial charge is 0.346 e. The molecule has 0 saturated carbocycles. The number of hydrogen-bond acceptors (Lipinski definition) is 5. The Kier molecular flexibility index (Phi) is 4.95. The van der Waals surface area contributed by atoms with E-state index in [-0.39, 0.29) is 18.1 Å². The SMILES string of the molecule is Cc1nc(C)c(C(=O)NCC(Oc2ccc(F)cc2)C(=O)O)o1. The van der Waals surface area contributed by atoms with Gasteiger partial charge in [-0.05, 0) is 31.2 Å². The summed E-state index contributed by atoms with van der Waals surface area (Å²) in [6.45, 7) is 2.92. The van der Waals surface area contributed by atoms with Crippen molar-refractivity contribution >= 4 is 11.9 Å². The van der Waals surface area contributed by atoms with Crippen molar-refractivity contribution in [2.45, 2.75) is 20.0 Å². The molecule has 2 rings (SSSR count). The van der Waals surface area contributed by atoms with E-state index in [0.717, 1.165) is 12.1 Å². The zero-order valence-electron chi connectivity index (χ0n) is 12.5. The average molecular weight is 322 g/mol. The molecule has 0 aliphatic heterocycles. The highest BCUT2D eigenvalue weighted by Gasteiger charge is 2.23. The van der Waals surface area contributed by atoms with Gasteiger partial charge in [-0.1, -0.05) is 0 Å². The Morgan fingerprint density at radius 3 is 2.52 bits per heavy atom. The predicted molar refractivity (Wildman–Crippen MR) is 76.8 cm³/mol. The zero-order valence-corrected chi connectivity index (χ0v) is 12.5. The zero-order chi connectivity index (χ0) is 17.0. The first kappa shape index (κ1) is 16.5. The molecule has 1 amide bonds. The van der Waals surface area contributed by atoms with Crippen LogP contribution in [0.2, 0.25) is 0 Å². The number of nitrogens with one attached hydrogen (secondary N) is 1. The summed E-state index contributed by atoms with van der Waals surface area (Å²) >= 11 is 0. The maximum atomic E-state index is 12.8. The van der Waals surface area contributed by atoms with Crippen LogP contribution in [0.25, 0.3) is 0 Å². The van der Waals surface area contributed by atoms with Crippen LogP contribution in [0.15, 0.2) is 28.7 Å². The number of aromatic nitrogens is 1. The Balaban J connectivity index is 1.99. The highest BCUT2D eigenvalue weighted by atomic mass is 19.1. The Bertz CT molecular complexity index is 711. The van der Waals surface area contributed by atoms with Gasteiger partial charge in [0.1, 0.15) is 11.6 Å². The summed E-state index contributed by atoms with van der Waals surface area (Å²) in [5.74, 6) is -1.77. The number of amides is 1. The van der Waals surface area contributed by atoms with Crippen LogP contribution in [-0.4, -0.2) is 34.6 Å². The first-order chi connectivity index (χ1) is 10.9. The van der Waals surface area contributed by atoms with Gasteiger partial charge in [-0.25, -0.2) is 14.2 Å². The van der Waals surface area contributed by atoms with E-state index >= 15 is 0 Å². The number of halogens is 1. The van der Waals surface area contributed by atoms with Gasteiger partial charge in [0, 0.05) is 6.92 Å². The number of nitrogens with zero attached hydrogens (tertiary/aromatic N) is 1. The molecular formula is C15H15FN2O5. The average Bonchev–Trinajstić information content (AvgIpc) is 2.83. The largest absolute Gasteiger partial charge is 0.478 e. The lowest BCUT2D eigenvalue weighted by Crippen LogP contribution is -2.40. The molecule has 23 heavy (non-hydrogen) atoms. The number of oxazole rings is 1. The van der Waals surface area contributed by atoms with Crippen molar-refractivity contribution in [3.63, 3.8) is 0 Å². The summed E-state index contributed by atoms with van der Waals surface area (Å²) in [5.41, 5.74) is 0.409. The van der Waals surface area contributed by atoms with Gasteiger partial charge < -0.3 is 19.6 Å². The molecule has 0 radical (unpaired) electrons. The number of aryl methyl sites for hydroxylation is 2. The highest BCUT2D eigenvalue weighted by Crippen LogP contribution is 2.13. The molecule has 0 bridgehead atoms. The van der Waals surface area contributed by atoms with E-state index in [1.54, 1.807) is 13.8 Å². The molecule has 0 spiro atoms. The van der Waals surface area contributed by atoms with Crippen LogP contribution in [0.1, 0.15) is 22.1 Å². The van der Waals surface area contributed by atoms with E-state index in [2.05, 4.69) is 10.3 Å². The number of ether oxygens (including phenoxy) is 1. The van der Waals surface area contributed by atoms with Crippen molar-refractivity contribution < 1.29 is 28.2 Å². The summed E-state index contributed by atoms with van der Waals surface area (Å²) in [4.78, 5) is 27.1. The fourth-order valence-corrected chi connectivity index (χ4v) is 1.86. The van der Waals surface area contributed by atoms with Gasteiger partial charge in [0.25, 0.3) is 5.91 Å². The number of rotatable bonds is 6. The van der Waals surface area contributed by atoms with E-state index in [9.17, 15) is 14.0 Å². The fourth-order valence-electron chi connectivity index (χ4n) is 1.86. The van der Waals surface area contributed by atoms with Crippen LogP contribution in [-0.2, 0) is 4.79 Å². The molecule has 7 nitrogen and oxygen atoms in total. The molecule has 0 aliphatic rings. The number of carboxylic acids is 1. The number of hydrogen-bond donors (Lipinski definition) is 2. The third-order valence-corrected chi connectivity index (χ3v) is 2.93. The molecule has 0 aliphatic carbocycles. The maximum absolute atomic E-state index is 12.8. The van der Waals surface area contributed by atoms with Gasteiger partial charge in [-0.2, -0.15) is 0 Å². The summed E-state index contributed by atoms with van der Waals surface area (Å²) in [7, 11) is 0. The minimum absolute atomic E-state index is 0.0217. The monoisotopic (exact) mass is 322 g/mol. The molecule has 8 heteroatoms. The van der Waals surface area contributed by atoms with E-state index in [0.29, 0.717) is 11.6 Å². The van der Waals surface area contributed by atoms with Crippen molar-refractivity contribution in [1.82, 2.24) is 10.3 Å². The minimum atomic E-state index is -1.33. The molecule has 1 atom stereocenters. The van der Waals surface area contributed by atoms with Crippen molar-refractivity contribution in [2.75, 3.05) is 6.54 Å². The number of aliphatic carboxylic acids is 1. The van der Waals surface area contributed by atoms with Gasteiger partial charge in [-0.15, -0.1) is 0 Å². The molecule has 122 valence electrons. The van der Waals surface area contributed by atoms with Crippen molar-refractivity contribution in [3.8, 4) is 5.75 Å². The highest BCUT2D eigenvalue weighted by molar-refractivity contribution is 5.92. The van der Waals surface area contributed by atoms with Crippen LogP contribution in [0, 0.1) is 19.7 Å². The molecule has 2 aromatic rings. The summed E-state index contributed by atoms with van der Waals surface area (Å²) < 4.78 is 23.2. The number of benzene rings is 1. The van der Waals surface area contributed by atoms with Crippen LogP contribution < -0.4 is 10.1 Å².